The van der Waals surface area contributed by atoms with Gasteiger partial charge in [0.25, 0.3) is 5.91 Å². The highest BCUT2D eigenvalue weighted by atomic mass is 32.1. The molecule has 3 unspecified atom stereocenters. The smallest absolute Gasteiger partial charge is 0.255 e. The average Bonchev–Trinajstić information content (AvgIpc) is 3.85. The second-order valence-electron chi connectivity index (χ2n) is 16.1. The third kappa shape index (κ3) is 13.9. The molecular formula is C45H57N7O8S. The van der Waals surface area contributed by atoms with Crippen molar-refractivity contribution < 1.29 is 38.6 Å². The molecule has 1 aromatic heterocycles. The lowest BCUT2D eigenvalue weighted by Crippen LogP contribution is -2.58. The van der Waals surface area contributed by atoms with Crippen LogP contribution in [0.25, 0.3) is 10.4 Å². The largest absolute Gasteiger partial charge is 0.397 e. The molecule has 4 aromatic rings. The summed E-state index contributed by atoms with van der Waals surface area (Å²) < 4.78 is 11.1. The maximum atomic E-state index is 13.9. The van der Waals surface area contributed by atoms with Crippen molar-refractivity contribution >= 4 is 57.9 Å². The van der Waals surface area contributed by atoms with Crippen molar-refractivity contribution in [1.82, 2.24) is 20.5 Å². The van der Waals surface area contributed by atoms with Gasteiger partial charge in [-0.15, -0.1) is 11.3 Å². The molecule has 5 rings (SSSR count). The number of ether oxygens (including phenoxy) is 2. The van der Waals surface area contributed by atoms with Crippen LogP contribution in [0.15, 0.2) is 78.3 Å². The second kappa shape index (κ2) is 22.2. The molecule has 0 saturated carbocycles. The minimum Gasteiger partial charge on any atom is -0.397 e. The highest BCUT2D eigenvalue weighted by Gasteiger charge is 2.44. The number of carbonyl (C=O) groups is 5. The third-order valence-corrected chi connectivity index (χ3v) is 11.1. The molecule has 0 bridgehead atoms. The molecule has 0 radical (unpaired) electrons. The van der Waals surface area contributed by atoms with E-state index in [1.54, 1.807) is 59.9 Å². The summed E-state index contributed by atoms with van der Waals surface area (Å²) in [5, 5.41) is 21.8. The normalized spacial score (nSPS) is 15.5. The molecule has 1 aliphatic rings. The summed E-state index contributed by atoms with van der Waals surface area (Å²) in [6.45, 7) is 8.11. The number of carbonyl (C=O) groups excluding carboxylic acids is 5. The number of anilines is 3. The minimum absolute atomic E-state index is 0.0129. The van der Waals surface area contributed by atoms with Crippen molar-refractivity contribution in [3.05, 3.63) is 95.1 Å². The van der Waals surface area contributed by atoms with Gasteiger partial charge in [-0.1, -0.05) is 70.0 Å². The number of β-amino-alcohol motifs (C(OH)–C–C–N with tert-alkyl or cyclic N) is 1. The van der Waals surface area contributed by atoms with E-state index >= 15 is 0 Å². The fourth-order valence-electron chi connectivity index (χ4n) is 6.78. The molecule has 1 fully saturated rings. The zero-order valence-electron chi connectivity index (χ0n) is 35.2. The number of hydrogen-bond acceptors (Lipinski definition) is 11. The summed E-state index contributed by atoms with van der Waals surface area (Å²) in [5.74, 6) is -1.88. The van der Waals surface area contributed by atoms with Crippen LogP contribution in [0.5, 0.6) is 0 Å². The molecule has 3 aromatic carbocycles. The van der Waals surface area contributed by atoms with E-state index in [-0.39, 0.29) is 50.4 Å². The molecule has 0 spiro atoms. The van der Waals surface area contributed by atoms with Crippen LogP contribution >= 0.6 is 11.3 Å². The number of aryl methyl sites for hydroxylation is 1. The molecule has 326 valence electrons. The van der Waals surface area contributed by atoms with E-state index in [1.165, 1.54) is 4.90 Å². The monoisotopic (exact) mass is 855 g/mol. The minimum atomic E-state index is -0.950. The molecule has 7 N–H and O–H groups in total. The lowest BCUT2D eigenvalue weighted by atomic mass is 9.85. The number of likely N-dealkylation sites (tertiary alicyclic amines) is 1. The molecule has 5 amide bonds. The van der Waals surface area contributed by atoms with E-state index in [2.05, 4.69) is 26.3 Å². The quantitative estimate of drug-likeness (QED) is 0.0499. The summed E-state index contributed by atoms with van der Waals surface area (Å²) in [6.07, 6.45) is 2.35. The van der Waals surface area contributed by atoms with Gasteiger partial charge >= 0.3 is 0 Å². The fourth-order valence-corrected chi connectivity index (χ4v) is 7.59. The standard InChI is InChI=1S/C45H57N7O8S/c1-29-40(61-28-48-29)31-15-13-30(14-16-31)24-47-43(57)37-23-34(53)25-52(37)44(58)41(45(2,3)4)51-39(55)27-60-22-10-6-5-9-21-59-26-38(54)49-33-19-17-32(18-20-33)42(56)50-36-12-8-7-11-35(36)46/h7-8,11-20,28,34,37,41,53H,5-6,9-10,21-27,46H2,1-4H3,(H,47,57)(H,49,54)(H,50,56)(H,51,55). The van der Waals surface area contributed by atoms with Crippen LogP contribution < -0.4 is 27.0 Å². The number of aromatic nitrogens is 1. The van der Waals surface area contributed by atoms with E-state index in [4.69, 9.17) is 15.2 Å². The van der Waals surface area contributed by atoms with Gasteiger partial charge < -0.3 is 46.5 Å². The molecule has 0 aliphatic carbocycles. The Hall–Kier alpha value is -5.68. The SMILES string of the molecule is Cc1ncsc1-c1ccc(CNC(=O)C2CC(O)CN2C(=O)C(NC(=O)COCCCCCCOCC(=O)Nc2ccc(C(=O)Nc3ccccc3N)cc2)C(C)(C)C)cc1. The third-order valence-electron chi connectivity index (χ3n) is 10.1. The van der Waals surface area contributed by atoms with Crippen LogP contribution in [0.4, 0.5) is 17.1 Å². The van der Waals surface area contributed by atoms with Gasteiger partial charge in [0.2, 0.25) is 23.6 Å². The number of amides is 5. The molecule has 1 aliphatic heterocycles. The molecule has 3 atom stereocenters. The zero-order valence-corrected chi connectivity index (χ0v) is 36.0. The molecule has 16 heteroatoms. The van der Waals surface area contributed by atoms with Gasteiger partial charge in [-0.25, -0.2) is 4.98 Å². The van der Waals surface area contributed by atoms with E-state index in [9.17, 15) is 29.1 Å². The van der Waals surface area contributed by atoms with E-state index < -0.39 is 35.4 Å². The van der Waals surface area contributed by atoms with Crippen molar-refractivity contribution in [2.24, 2.45) is 5.41 Å². The first kappa shape index (κ1) is 46.4. The molecule has 61 heavy (non-hydrogen) atoms. The Morgan fingerprint density at radius 2 is 1.54 bits per heavy atom. The number of benzene rings is 3. The number of rotatable bonds is 20. The number of nitrogens with zero attached hydrogens (tertiary/aromatic N) is 2. The zero-order chi connectivity index (χ0) is 43.9. The van der Waals surface area contributed by atoms with E-state index in [0.717, 1.165) is 41.0 Å². The van der Waals surface area contributed by atoms with Crippen LogP contribution in [0.3, 0.4) is 0 Å². The van der Waals surface area contributed by atoms with Gasteiger partial charge in [-0.3, -0.25) is 24.0 Å². The number of thiazole rings is 1. The van der Waals surface area contributed by atoms with Gasteiger partial charge in [0.05, 0.1) is 33.6 Å². The Morgan fingerprint density at radius 1 is 0.885 bits per heavy atom. The topological polar surface area (TPSA) is 214 Å². The lowest BCUT2D eigenvalue weighted by Gasteiger charge is -2.35. The van der Waals surface area contributed by atoms with Crippen LogP contribution in [0.2, 0.25) is 0 Å². The number of aliphatic hydroxyl groups excluding tert-OH is 1. The van der Waals surface area contributed by atoms with Crippen molar-refractivity contribution in [2.75, 3.05) is 49.3 Å². The predicted octanol–water partition coefficient (Wildman–Crippen LogP) is 5.29. The molecular weight excluding hydrogens is 799 g/mol. The van der Waals surface area contributed by atoms with Gasteiger partial charge in [0, 0.05) is 44.0 Å². The van der Waals surface area contributed by atoms with Crippen LogP contribution in [-0.2, 0) is 35.2 Å². The Morgan fingerprint density at radius 3 is 2.16 bits per heavy atom. The maximum absolute atomic E-state index is 13.9. The van der Waals surface area contributed by atoms with E-state index in [1.807, 2.05) is 57.5 Å². The summed E-state index contributed by atoms with van der Waals surface area (Å²) in [5.41, 5.74) is 11.9. The first-order chi connectivity index (χ1) is 29.2. The Kier molecular flexibility index (Phi) is 16.9. The summed E-state index contributed by atoms with van der Waals surface area (Å²) in [4.78, 5) is 71.9. The first-order valence-corrected chi connectivity index (χ1v) is 21.3. The van der Waals surface area contributed by atoms with Crippen molar-refractivity contribution in [3.63, 3.8) is 0 Å². The van der Waals surface area contributed by atoms with E-state index in [0.29, 0.717) is 42.3 Å². The van der Waals surface area contributed by atoms with Gasteiger partial charge in [0.15, 0.2) is 0 Å². The van der Waals surface area contributed by atoms with Gasteiger partial charge in [0.1, 0.15) is 25.3 Å². The summed E-state index contributed by atoms with van der Waals surface area (Å²) in [7, 11) is 0. The van der Waals surface area contributed by atoms with Crippen LogP contribution in [-0.4, -0.2) is 95.7 Å². The molecule has 1 saturated heterocycles. The number of nitrogens with two attached hydrogens (primary N) is 1. The Balaban J connectivity index is 0.945. The van der Waals surface area contributed by atoms with Crippen molar-refractivity contribution in [2.45, 2.75) is 84.5 Å². The van der Waals surface area contributed by atoms with Crippen LogP contribution in [0, 0.1) is 12.3 Å². The molecule has 2 heterocycles. The first-order valence-electron chi connectivity index (χ1n) is 20.5. The second-order valence-corrected chi connectivity index (χ2v) is 17.0. The number of nitrogen functional groups attached to an aromatic ring is 1. The number of hydrogen-bond donors (Lipinski definition) is 6. The number of nitrogens with one attached hydrogen (secondary N) is 4. The average molecular weight is 856 g/mol. The lowest BCUT2D eigenvalue weighted by molar-refractivity contribution is -0.144. The Labute approximate surface area is 360 Å². The van der Waals surface area contributed by atoms with Gasteiger partial charge in [-0.05, 0) is 72.7 Å². The number of aliphatic hydroxyl groups is 1. The van der Waals surface area contributed by atoms with Crippen molar-refractivity contribution in [1.29, 1.82) is 0 Å². The van der Waals surface area contributed by atoms with Crippen molar-refractivity contribution in [3.8, 4) is 10.4 Å². The maximum Gasteiger partial charge on any atom is 0.255 e. The number of para-hydroxylation sites is 2. The highest BCUT2D eigenvalue weighted by molar-refractivity contribution is 7.13. The fraction of sp³-hybridized carbons (Fsp3) is 0.422. The van der Waals surface area contributed by atoms with Gasteiger partial charge in [-0.2, -0.15) is 0 Å². The predicted molar refractivity (Wildman–Crippen MR) is 236 cm³/mol. The molecule has 15 nitrogen and oxygen atoms in total. The number of unbranched alkanes of at least 4 members (excludes halogenated alkanes) is 3. The summed E-state index contributed by atoms with van der Waals surface area (Å²) in [6, 6.07) is 19.5. The Bertz CT molecular complexity index is 2100. The summed E-state index contributed by atoms with van der Waals surface area (Å²) >= 11 is 1.57. The van der Waals surface area contributed by atoms with Crippen LogP contribution in [0.1, 0.15) is 74.5 Å². The highest BCUT2D eigenvalue weighted by Crippen LogP contribution is 2.28.